The van der Waals surface area contributed by atoms with Gasteiger partial charge in [0.05, 0.1) is 18.3 Å². The molecule has 0 aromatic carbocycles. The summed E-state index contributed by atoms with van der Waals surface area (Å²) >= 11 is 0. The Kier molecular flexibility index (Phi) is 9.81. The summed E-state index contributed by atoms with van der Waals surface area (Å²) < 4.78 is 7.55. The number of carbonyl (C=O) groups is 3. The molecular formula is C30H47N7O7. The first-order valence-electron chi connectivity index (χ1n) is 16.5. The van der Waals surface area contributed by atoms with Gasteiger partial charge in [0.15, 0.2) is 6.10 Å². The molecule has 4 heterocycles. The highest BCUT2D eigenvalue weighted by Gasteiger charge is 2.49. The van der Waals surface area contributed by atoms with Gasteiger partial charge in [0.2, 0.25) is 11.8 Å². The number of rotatable bonds is 7. The molecule has 244 valence electrons. The molecule has 7 atom stereocenters. The molecule has 1 aromatic rings. The van der Waals surface area contributed by atoms with Crippen LogP contribution in [0.25, 0.3) is 0 Å². The third-order valence-corrected chi connectivity index (χ3v) is 10.3. The van der Waals surface area contributed by atoms with Crippen LogP contribution in [0.5, 0.6) is 0 Å². The number of fused-ring (bicyclic) bond motifs is 3. The third kappa shape index (κ3) is 6.79. The number of amides is 3. The van der Waals surface area contributed by atoms with Crippen LogP contribution in [0.4, 0.5) is 0 Å². The second kappa shape index (κ2) is 13.8. The first-order valence-corrected chi connectivity index (χ1v) is 16.5. The van der Waals surface area contributed by atoms with Gasteiger partial charge in [-0.05, 0) is 25.2 Å². The van der Waals surface area contributed by atoms with Crippen LogP contribution in [0.2, 0.25) is 0 Å². The van der Waals surface area contributed by atoms with Crippen molar-refractivity contribution in [3.8, 4) is 0 Å². The van der Waals surface area contributed by atoms with E-state index in [1.807, 2.05) is 6.20 Å². The average molecular weight is 618 g/mol. The number of aromatic nitrogens is 3. The van der Waals surface area contributed by atoms with Gasteiger partial charge in [-0.2, -0.15) is 0 Å². The van der Waals surface area contributed by atoms with Crippen molar-refractivity contribution in [1.29, 1.82) is 0 Å². The lowest BCUT2D eigenvalue weighted by molar-refractivity contribution is -0.223. The zero-order valence-electron chi connectivity index (χ0n) is 25.3. The van der Waals surface area contributed by atoms with Crippen molar-refractivity contribution in [2.75, 3.05) is 32.7 Å². The van der Waals surface area contributed by atoms with E-state index in [1.54, 1.807) is 4.68 Å². The van der Waals surface area contributed by atoms with Gasteiger partial charge >= 0.3 is 0 Å². The number of aliphatic hydroxyl groups excluding tert-OH is 3. The zero-order chi connectivity index (χ0) is 30.8. The van der Waals surface area contributed by atoms with Crippen LogP contribution in [0.15, 0.2) is 6.20 Å². The standard InChI is InChI=1S/C30H47N7O7/c38-24-17-35(11-10-31-19-8-4-5-9-19)30(43)28-27(41)26(40)25(39)23(44-28)14-32-29(42)22-13-21(16-36(22)24)37-15-20(33-34-37)12-18-6-2-1-3-7-18/h15,18-19,21-23,25-28,31,39-41H,1-14,16-17H2,(H,32,42)/t21-,22-,23-,25-,26+,27+,28-/m0/s1. The Hall–Kier alpha value is -2.65. The fourth-order valence-corrected chi connectivity index (χ4v) is 7.68. The molecule has 1 aromatic heterocycles. The predicted molar refractivity (Wildman–Crippen MR) is 156 cm³/mol. The molecule has 2 saturated carbocycles. The Bertz CT molecular complexity index is 1170. The highest BCUT2D eigenvalue weighted by atomic mass is 16.5. The molecule has 14 nitrogen and oxygen atoms in total. The SMILES string of the molecule is O=C1NC[C@@H]2O[C@H](C(=O)N(CCNC3CCCC3)CC(=O)N3C[C@@H](n4cc(CC5CCCCC5)nn4)C[C@@H]13)[C@H](O)[C@H](O)[C@H]2O. The van der Waals surface area contributed by atoms with Crippen LogP contribution < -0.4 is 10.6 Å². The van der Waals surface area contributed by atoms with Crippen molar-refractivity contribution < 1.29 is 34.4 Å². The molecule has 5 N–H and O–H groups in total. The van der Waals surface area contributed by atoms with Crippen LogP contribution in [-0.2, 0) is 25.5 Å². The van der Waals surface area contributed by atoms with Gasteiger partial charge in [-0.15, -0.1) is 5.10 Å². The number of aliphatic hydroxyl groups is 3. The van der Waals surface area contributed by atoms with E-state index in [2.05, 4.69) is 20.9 Å². The number of nitrogens with one attached hydrogen (secondary N) is 2. The number of hydrogen-bond donors (Lipinski definition) is 5. The zero-order valence-corrected chi connectivity index (χ0v) is 25.3. The van der Waals surface area contributed by atoms with Crippen molar-refractivity contribution in [2.45, 2.75) is 119 Å². The van der Waals surface area contributed by atoms with E-state index in [9.17, 15) is 29.7 Å². The normalized spacial score (nSPS) is 34.5. The molecule has 5 fully saturated rings. The lowest BCUT2D eigenvalue weighted by Gasteiger charge is -2.42. The van der Waals surface area contributed by atoms with E-state index in [0.717, 1.165) is 37.8 Å². The second-order valence-corrected chi connectivity index (χ2v) is 13.4. The van der Waals surface area contributed by atoms with E-state index in [1.165, 1.54) is 41.9 Å². The van der Waals surface area contributed by atoms with E-state index >= 15 is 0 Å². The minimum Gasteiger partial charge on any atom is -0.388 e. The maximum atomic E-state index is 13.8. The van der Waals surface area contributed by atoms with Crippen molar-refractivity contribution in [3.63, 3.8) is 0 Å². The summed E-state index contributed by atoms with van der Waals surface area (Å²) in [4.78, 5) is 43.9. The van der Waals surface area contributed by atoms with Crippen LogP contribution in [0, 0.1) is 5.92 Å². The minimum atomic E-state index is -1.69. The molecule has 2 bridgehead atoms. The van der Waals surface area contributed by atoms with Crippen LogP contribution in [-0.4, -0.2) is 133 Å². The summed E-state index contributed by atoms with van der Waals surface area (Å²) in [7, 11) is 0. The molecule has 6 rings (SSSR count). The maximum absolute atomic E-state index is 13.8. The van der Waals surface area contributed by atoms with Gasteiger partial charge in [-0.25, -0.2) is 4.68 Å². The fraction of sp³-hybridized carbons (Fsp3) is 0.833. The van der Waals surface area contributed by atoms with Crippen LogP contribution in [0.3, 0.4) is 0 Å². The van der Waals surface area contributed by atoms with Gasteiger partial charge in [0.25, 0.3) is 5.91 Å². The smallest absolute Gasteiger partial charge is 0.255 e. The fourth-order valence-electron chi connectivity index (χ4n) is 7.68. The van der Waals surface area contributed by atoms with E-state index in [0.29, 0.717) is 24.9 Å². The van der Waals surface area contributed by atoms with Crippen molar-refractivity contribution >= 4 is 17.7 Å². The molecule has 2 aliphatic carbocycles. The predicted octanol–water partition coefficient (Wildman–Crippen LogP) is -1.12. The van der Waals surface area contributed by atoms with Crippen LogP contribution in [0.1, 0.15) is 75.9 Å². The summed E-state index contributed by atoms with van der Waals surface area (Å²) in [6.45, 7) is 0.338. The van der Waals surface area contributed by atoms with Gasteiger partial charge in [0, 0.05) is 44.8 Å². The molecule has 5 aliphatic rings. The molecule has 44 heavy (non-hydrogen) atoms. The summed E-state index contributed by atoms with van der Waals surface area (Å²) in [5.41, 5.74) is 0.913. The highest BCUT2D eigenvalue weighted by Crippen LogP contribution is 2.31. The second-order valence-electron chi connectivity index (χ2n) is 13.4. The molecule has 3 amide bonds. The van der Waals surface area contributed by atoms with Crippen molar-refractivity contribution in [3.05, 3.63) is 11.9 Å². The monoisotopic (exact) mass is 617 g/mol. The molecule has 14 heteroatoms. The van der Waals surface area contributed by atoms with Crippen molar-refractivity contribution in [2.24, 2.45) is 5.92 Å². The molecule has 0 radical (unpaired) electrons. The minimum absolute atomic E-state index is 0.179. The Balaban J connectivity index is 1.20. The largest absolute Gasteiger partial charge is 0.388 e. The molecule has 0 unspecified atom stereocenters. The van der Waals surface area contributed by atoms with Crippen LogP contribution >= 0.6 is 0 Å². The summed E-state index contributed by atoms with van der Waals surface area (Å²) in [5, 5.41) is 46.8. The molecule has 3 aliphatic heterocycles. The summed E-state index contributed by atoms with van der Waals surface area (Å²) in [6, 6.07) is -0.743. The lowest BCUT2D eigenvalue weighted by atomic mass is 9.86. The Morgan fingerprint density at radius 2 is 1.73 bits per heavy atom. The molecular weight excluding hydrogens is 570 g/mol. The Labute approximate surface area is 257 Å². The maximum Gasteiger partial charge on any atom is 0.255 e. The van der Waals surface area contributed by atoms with Gasteiger partial charge in [-0.1, -0.05) is 50.2 Å². The quantitative estimate of drug-likeness (QED) is 0.251. The lowest BCUT2D eigenvalue weighted by Crippen LogP contribution is -2.65. The Morgan fingerprint density at radius 3 is 2.50 bits per heavy atom. The topological polar surface area (TPSA) is 182 Å². The van der Waals surface area contributed by atoms with E-state index < -0.39 is 54.3 Å². The third-order valence-electron chi connectivity index (χ3n) is 10.3. The first kappa shape index (κ1) is 31.3. The molecule has 3 saturated heterocycles. The first-order chi connectivity index (χ1) is 21.3. The van der Waals surface area contributed by atoms with Gasteiger partial charge in [0.1, 0.15) is 30.5 Å². The summed E-state index contributed by atoms with van der Waals surface area (Å²) in [5.74, 6) is -0.854. The van der Waals surface area contributed by atoms with E-state index in [-0.39, 0.29) is 32.2 Å². The highest BCUT2D eigenvalue weighted by molar-refractivity contribution is 5.92. The van der Waals surface area contributed by atoms with E-state index in [4.69, 9.17) is 4.74 Å². The van der Waals surface area contributed by atoms with Crippen molar-refractivity contribution in [1.82, 2.24) is 35.4 Å². The number of ether oxygens (including phenoxy) is 1. The van der Waals surface area contributed by atoms with Gasteiger partial charge < -0.3 is 40.5 Å². The number of nitrogens with zero attached hydrogens (tertiary/aromatic N) is 5. The summed E-state index contributed by atoms with van der Waals surface area (Å²) in [6.07, 6.45) is 6.22. The van der Waals surface area contributed by atoms with Gasteiger partial charge in [-0.3, -0.25) is 14.4 Å². The average Bonchev–Trinajstić information content (AvgIpc) is 3.80. The molecule has 0 spiro atoms. The number of carbonyl (C=O) groups excluding carboxylic acids is 3. The Morgan fingerprint density at radius 1 is 0.977 bits per heavy atom. The number of hydrogen-bond acceptors (Lipinski definition) is 10.